The van der Waals surface area contributed by atoms with Crippen LogP contribution in [0.1, 0.15) is 25.0 Å². The van der Waals surface area contributed by atoms with Gasteiger partial charge in [0.15, 0.2) is 0 Å². The molecule has 0 bridgehead atoms. The van der Waals surface area contributed by atoms with Gasteiger partial charge in [0.25, 0.3) is 10.0 Å². The molecule has 3 rings (SSSR count). The Bertz CT molecular complexity index is 1350. The van der Waals surface area contributed by atoms with E-state index in [4.69, 9.17) is 0 Å². The van der Waals surface area contributed by atoms with E-state index in [1.165, 1.54) is 17.0 Å². The van der Waals surface area contributed by atoms with Crippen LogP contribution < -0.4 is 9.62 Å². The van der Waals surface area contributed by atoms with E-state index in [0.29, 0.717) is 12.2 Å². The summed E-state index contributed by atoms with van der Waals surface area (Å²) in [6.07, 6.45) is 0. The summed E-state index contributed by atoms with van der Waals surface area (Å²) in [5, 5.41) is 2.75. The highest BCUT2D eigenvalue weighted by molar-refractivity contribution is 9.10. The molecule has 3 aromatic rings. The molecule has 37 heavy (non-hydrogen) atoms. The molecule has 1 atom stereocenters. The Balaban J connectivity index is 2.02. The Morgan fingerprint density at radius 3 is 2.19 bits per heavy atom. The highest BCUT2D eigenvalue weighted by atomic mass is 79.9. The van der Waals surface area contributed by atoms with Crippen LogP contribution in [0, 0.1) is 6.92 Å². The number of sulfonamides is 1. The molecule has 196 valence electrons. The monoisotopic (exact) mass is 649 g/mol. The number of rotatable bonds is 10. The second-order valence-corrected chi connectivity index (χ2v) is 12.2. The summed E-state index contributed by atoms with van der Waals surface area (Å²) in [5.41, 5.74) is 2.06. The molecule has 0 aromatic heterocycles. The molecule has 0 saturated carbocycles. The zero-order valence-corrected chi connectivity index (χ0v) is 24.8. The van der Waals surface area contributed by atoms with Crippen LogP contribution in [0.3, 0.4) is 0 Å². The maximum Gasteiger partial charge on any atom is 0.264 e. The number of likely N-dealkylation sites (N-methyl/N-ethyl adjacent to an activating group) is 1. The average molecular weight is 651 g/mol. The molecule has 0 saturated heterocycles. The van der Waals surface area contributed by atoms with Gasteiger partial charge in [-0.15, -0.1) is 0 Å². The Labute approximate surface area is 235 Å². The Kier molecular flexibility index (Phi) is 9.92. The number of hydrogen-bond donors (Lipinski definition) is 1. The molecule has 7 nitrogen and oxygen atoms in total. The van der Waals surface area contributed by atoms with E-state index in [0.717, 1.165) is 24.4 Å². The van der Waals surface area contributed by atoms with Crippen molar-refractivity contribution < 1.29 is 18.0 Å². The van der Waals surface area contributed by atoms with E-state index in [9.17, 15) is 18.0 Å². The molecule has 1 N–H and O–H groups in total. The van der Waals surface area contributed by atoms with Crippen molar-refractivity contribution in [1.82, 2.24) is 10.2 Å². The van der Waals surface area contributed by atoms with Gasteiger partial charge in [-0.25, -0.2) is 8.42 Å². The zero-order valence-electron chi connectivity index (χ0n) is 20.8. The van der Waals surface area contributed by atoms with Crippen molar-refractivity contribution >= 4 is 59.4 Å². The second-order valence-electron chi connectivity index (χ2n) is 8.52. The molecule has 0 heterocycles. The van der Waals surface area contributed by atoms with E-state index in [1.807, 2.05) is 31.2 Å². The van der Waals surface area contributed by atoms with Gasteiger partial charge in [0.05, 0.1) is 10.6 Å². The third-order valence-electron chi connectivity index (χ3n) is 5.76. The minimum Gasteiger partial charge on any atom is -0.355 e. The van der Waals surface area contributed by atoms with Crippen LogP contribution in [0.25, 0.3) is 0 Å². The van der Waals surface area contributed by atoms with Gasteiger partial charge in [-0.3, -0.25) is 13.9 Å². The van der Waals surface area contributed by atoms with Crippen LogP contribution in [-0.4, -0.2) is 44.3 Å². The van der Waals surface area contributed by atoms with Gasteiger partial charge in [0, 0.05) is 22.0 Å². The molecule has 0 aliphatic rings. The fourth-order valence-corrected chi connectivity index (χ4v) is 5.84. The first kappa shape index (κ1) is 28.9. The summed E-state index contributed by atoms with van der Waals surface area (Å²) in [5.74, 6) is -0.820. The predicted molar refractivity (Wildman–Crippen MR) is 153 cm³/mol. The van der Waals surface area contributed by atoms with Crippen LogP contribution in [0.5, 0.6) is 0 Å². The third-order valence-corrected chi connectivity index (χ3v) is 8.57. The molecule has 0 spiro atoms. The van der Waals surface area contributed by atoms with Crippen LogP contribution in [0.4, 0.5) is 5.69 Å². The number of aryl methyl sites for hydroxylation is 1. The number of halogens is 2. The predicted octanol–water partition coefficient (Wildman–Crippen LogP) is 5.27. The number of carbonyl (C=O) groups excluding carboxylic acids is 2. The number of anilines is 1. The van der Waals surface area contributed by atoms with Gasteiger partial charge in [-0.05, 0) is 74.9 Å². The SMILES string of the molecule is CCNC(=O)[C@@H](C)N(Cc1cccc(Br)c1)C(=O)CN(c1ccc(Br)cc1)S(=O)(=O)c1ccc(C)cc1. The van der Waals surface area contributed by atoms with Crippen molar-refractivity contribution in [1.29, 1.82) is 0 Å². The maximum atomic E-state index is 13.8. The van der Waals surface area contributed by atoms with Crippen LogP contribution in [0.2, 0.25) is 0 Å². The smallest absolute Gasteiger partial charge is 0.264 e. The van der Waals surface area contributed by atoms with Gasteiger partial charge >= 0.3 is 0 Å². The summed E-state index contributed by atoms with van der Waals surface area (Å²) in [7, 11) is -4.09. The van der Waals surface area contributed by atoms with Gasteiger partial charge in [-0.2, -0.15) is 0 Å². The molecule has 0 radical (unpaired) electrons. The lowest BCUT2D eigenvalue weighted by atomic mass is 10.1. The lowest BCUT2D eigenvalue weighted by Crippen LogP contribution is -2.51. The van der Waals surface area contributed by atoms with Crippen molar-refractivity contribution in [3.05, 3.63) is 92.9 Å². The first-order valence-corrected chi connectivity index (χ1v) is 14.7. The minimum atomic E-state index is -4.09. The first-order chi connectivity index (χ1) is 17.5. The van der Waals surface area contributed by atoms with Crippen molar-refractivity contribution in [2.75, 3.05) is 17.4 Å². The highest BCUT2D eigenvalue weighted by Crippen LogP contribution is 2.26. The molecule has 3 aromatic carbocycles. The first-order valence-electron chi connectivity index (χ1n) is 11.7. The number of carbonyl (C=O) groups is 2. The van der Waals surface area contributed by atoms with Gasteiger partial charge in [-0.1, -0.05) is 61.7 Å². The summed E-state index contributed by atoms with van der Waals surface area (Å²) < 4.78 is 30.2. The van der Waals surface area contributed by atoms with Gasteiger partial charge in [0.1, 0.15) is 12.6 Å². The van der Waals surface area contributed by atoms with E-state index in [2.05, 4.69) is 37.2 Å². The molecule has 2 amide bonds. The van der Waals surface area contributed by atoms with Crippen molar-refractivity contribution in [2.45, 2.75) is 38.3 Å². The number of amides is 2. The molecular weight excluding hydrogens is 622 g/mol. The normalized spacial score (nSPS) is 12.0. The maximum absolute atomic E-state index is 13.8. The fourth-order valence-electron chi connectivity index (χ4n) is 3.71. The van der Waals surface area contributed by atoms with Crippen molar-refractivity contribution in [3.63, 3.8) is 0 Å². The zero-order chi connectivity index (χ0) is 27.2. The molecule has 10 heteroatoms. The Hall–Kier alpha value is -2.69. The van der Waals surface area contributed by atoms with Crippen LogP contribution in [-0.2, 0) is 26.2 Å². The molecule has 0 unspecified atom stereocenters. The van der Waals surface area contributed by atoms with E-state index >= 15 is 0 Å². The van der Waals surface area contributed by atoms with Crippen LogP contribution in [0.15, 0.2) is 86.6 Å². The van der Waals surface area contributed by atoms with Crippen molar-refractivity contribution in [3.8, 4) is 0 Å². The highest BCUT2D eigenvalue weighted by Gasteiger charge is 2.32. The standard InChI is InChI=1S/C27H29Br2N3O4S/c1-4-30-27(34)20(3)31(17-21-6-5-7-23(29)16-21)26(33)18-32(24-12-10-22(28)11-13-24)37(35,36)25-14-8-19(2)9-15-25/h5-16,20H,4,17-18H2,1-3H3,(H,30,34)/t20-/m1/s1. The number of benzene rings is 3. The lowest BCUT2D eigenvalue weighted by molar-refractivity contribution is -0.139. The summed E-state index contributed by atoms with van der Waals surface area (Å²) in [6, 6.07) is 19.8. The Morgan fingerprint density at radius 2 is 1.59 bits per heavy atom. The minimum absolute atomic E-state index is 0.0733. The van der Waals surface area contributed by atoms with Gasteiger partial charge in [0.2, 0.25) is 11.8 Å². The van der Waals surface area contributed by atoms with E-state index in [-0.39, 0.29) is 17.3 Å². The summed E-state index contributed by atoms with van der Waals surface area (Å²) >= 11 is 6.81. The number of nitrogens with zero attached hydrogens (tertiary/aromatic N) is 2. The number of nitrogens with one attached hydrogen (secondary N) is 1. The number of hydrogen-bond acceptors (Lipinski definition) is 4. The summed E-state index contributed by atoms with van der Waals surface area (Å²) in [4.78, 5) is 28.0. The van der Waals surface area contributed by atoms with E-state index < -0.39 is 28.5 Å². The molecule has 0 fully saturated rings. The van der Waals surface area contributed by atoms with Crippen LogP contribution >= 0.6 is 31.9 Å². The molecular formula is C27H29Br2N3O4S. The topological polar surface area (TPSA) is 86.8 Å². The largest absolute Gasteiger partial charge is 0.355 e. The van der Waals surface area contributed by atoms with E-state index in [1.54, 1.807) is 50.2 Å². The van der Waals surface area contributed by atoms with Crippen molar-refractivity contribution in [2.24, 2.45) is 0 Å². The second kappa shape index (κ2) is 12.7. The van der Waals surface area contributed by atoms with Gasteiger partial charge < -0.3 is 10.2 Å². The average Bonchev–Trinajstić information content (AvgIpc) is 2.86. The lowest BCUT2D eigenvalue weighted by Gasteiger charge is -2.32. The molecule has 0 aliphatic heterocycles. The third kappa shape index (κ3) is 7.43. The fraction of sp³-hybridized carbons (Fsp3) is 0.259. The quantitative estimate of drug-likeness (QED) is 0.324. The Morgan fingerprint density at radius 1 is 0.946 bits per heavy atom. The molecule has 0 aliphatic carbocycles. The summed E-state index contributed by atoms with van der Waals surface area (Å²) in [6.45, 7) is 5.38.